The van der Waals surface area contributed by atoms with E-state index in [9.17, 15) is 4.79 Å². The van der Waals surface area contributed by atoms with Gasteiger partial charge in [0.1, 0.15) is 11.5 Å². The number of amides is 1. The third kappa shape index (κ3) is 4.40. The molecule has 4 rings (SSSR count). The number of ether oxygens (including phenoxy) is 2. The lowest BCUT2D eigenvalue weighted by atomic mass is 10.0. The summed E-state index contributed by atoms with van der Waals surface area (Å²) in [4.78, 5) is 16.3. The molecule has 158 valence electrons. The van der Waals surface area contributed by atoms with Crippen LogP contribution >= 0.6 is 0 Å². The molecule has 0 bridgehead atoms. The summed E-state index contributed by atoms with van der Waals surface area (Å²) < 4.78 is 10.7. The molecule has 0 saturated carbocycles. The number of hydrogen-bond acceptors (Lipinski definition) is 3. The zero-order valence-corrected chi connectivity index (χ0v) is 18.0. The van der Waals surface area contributed by atoms with E-state index in [0.717, 1.165) is 39.0 Å². The molecule has 0 aliphatic carbocycles. The van der Waals surface area contributed by atoms with E-state index in [2.05, 4.69) is 22.4 Å². The summed E-state index contributed by atoms with van der Waals surface area (Å²) >= 11 is 0. The Morgan fingerprint density at radius 2 is 1.74 bits per heavy atom. The number of aromatic nitrogens is 1. The van der Waals surface area contributed by atoms with Gasteiger partial charge in [-0.25, -0.2) is 0 Å². The smallest absolute Gasteiger partial charge is 0.224 e. The first-order chi connectivity index (χ1) is 15.1. The zero-order chi connectivity index (χ0) is 21.8. The van der Waals surface area contributed by atoms with Crippen LogP contribution in [0, 0.1) is 6.92 Å². The summed E-state index contributed by atoms with van der Waals surface area (Å²) in [5.41, 5.74) is 6.05. The van der Waals surface area contributed by atoms with Crippen molar-refractivity contribution in [2.75, 3.05) is 19.5 Å². The number of H-pyrrole nitrogens is 1. The van der Waals surface area contributed by atoms with Crippen LogP contribution in [0.25, 0.3) is 22.2 Å². The molecule has 0 saturated heterocycles. The molecule has 0 spiro atoms. The Morgan fingerprint density at radius 3 is 2.48 bits per heavy atom. The third-order valence-corrected chi connectivity index (χ3v) is 5.42. The van der Waals surface area contributed by atoms with Crippen molar-refractivity contribution in [3.63, 3.8) is 0 Å². The molecule has 0 fully saturated rings. The molecule has 1 aromatic heterocycles. The largest absolute Gasteiger partial charge is 0.497 e. The van der Waals surface area contributed by atoms with E-state index in [1.807, 2.05) is 61.5 Å². The van der Waals surface area contributed by atoms with Gasteiger partial charge < -0.3 is 19.8 Å². The van der Waals surface area contributed by atoms with Gasteiger partial charge in [0.15, 0.2) is 0 Å². The summed E-state index contributed by atoms with van der Waals surface area (Å²) in [6, 6.07) is 21.9. The Hall–Kier alpha value is -3.73. The molecule has 0 aliphatic heterocycles. The first kappa shape index (κ1) is 20.5. The van der Waals surface area contributed by atoms with E-state index in [4.69, 9.17) is 9.47 Å². The molecule has 5 heteroatoms. The van der Waals surface area contributed by atoms with Gasteiger partial charge in [0.05, 0.1) is 19.9 Å². The molecule has 3 aromatic carbocycles. The van der Waals surface area contributed by atoms with Crippen molar-refractivity contribution in [2.24, 2.45) is 0 Å². The highest BCUT2D eigenvalue weighted by Gasteiger charge is 2.15. The second kappa shape index (κ2) is 8.96. The molecule has 31 heavy (non-hydrogen) atoms. The van der Waals surface area contributed by atoms with Gasteiger partial charge in [-0.3, -0.25) is 4.79 Å². The van der Waals surface area contributed by atoms with Crippen LogP contribution in [0.1, 0.15) is 17.5 Å². The number of aromatic amines is 1. The van der Waals surface area contributed by atoms with Crippen LogP contribution in [0.2, 0.25) is 0 Å². The molecule has 4 aromatic rings. The summed E-state index contributed by atoms with van der Waals surface area (Å²) in [5, 5.41) is 4.13. The predicted molar refractivity (Wildman–Crippen MR) is 125 cm³/mol. The van der Waals surface area contributed by atoms with Crippen molar-refractivity contribution in [3.05, 3.63) is 77.9 Å². The lowest BCUT2D eigenvalue weighted by Crippen LogP contribution is -2.13. The Labute approximate surface area is 182 Å². The van der Waals surface area contributed by atoms with Crippen molar-refractivity contribution < 1.29 is 14.3 Å². The zero-order valence-electron chi connectivity index (χ0n) is 18.0. The Morgan fingerprint density at radius 1 is 0.968 bits per heavy atom. The number of para-hydroxylation sites is 1. The van der Waals surface area contributed by atoms with Crippen molar-refractivity contribution in [1.29, 1.82) is 0 Å². The minimum absolute atomic E-state index is 0.0464. The van der Waals surface area contributed by atoms with Gasteiger partial charge in [-0.05, 0) is 72.5 Å². The number of anilines is 1. The number of hydrogen-bond donors (Lipinski definition) is 2. The standard InChI is InChI=1S/C26H26N2O3/c1-17-8-14-24(31-3)23(16-17)27-25(29)15-13-21-20-6-4-5-7-22(20)28-26(21)18-9-11-19(30-2)12-10-18/h4-12,14,16,28H,13,15H2,1-3H3,(H,27,29). The van der Waals surface area contributed by atoms with Crippen LogP contribution in [0.3, 0.4) is 0 Å². The van der Waals surface area contributed by atoms with Crippen molar-refractivity contribution >= 4 is 22.5 Å². The number of rotatable bonds is 7. The van der Waals surface area contributed by atoms with Crippen LogP contribution in [0.5, 0.6) is 11.5 Å². The highest BCUT2D eigenvalue weighted by atomic mass is 16.5. The topological polar surface area (TPSA) is 63.4 Å². The number of carbonyl (C=O) groups excluding carboxylic acids is 1. The molecule has 0 unspecified atom stereocenters. The Kier molecular flexibility index (Phi) is 5.94. The number of nitrogens with one attached hydrogen (secondary N) is 2. The van der Waals surface area contributed by atoms with Crippen LogP contribution < -0.4 is 14.8 Å². The SMILES string of the molecule is COc1ccc(-c2[nH]c3ccccc3c2CCC(=O)Nc2cc(C)ccc2OC)cc1. The van der Waals surface area contributed by atoms with Crippen LogP contribution in [0.4, 0.5) is 5.69 Å². The number of benzene rings is 3. The van der Waals surface area contributed by atoms with E-state index in [0.29, 0.717) is 24.3 Å². The molecule has 1 amide bonds. The Bertz CT molecular complexity index is 1210. The maximum Gasteiger partial charge on any atom is 0.224 e. The molecule has 2 N–H and O–H groups in total. The fourth-order valence-electron chi connectivity index (χ4n) is 3.83. The number of methoxy groups -OCH3 is 2. The fraction of sp³-hybridized carbons (Fsp3) is 0.192. The predicted octanol–water partition coefficient (Wildman–Crippen LogP) is 5.73. The van der Waals surface area contributed by atoms with Gasteiger partial charge in [0, 0.05) is 23.0 Å². The van der Waals surface area contributed by atoms with E-state index < -0.39 is 0 Å². The average molecular weight is 415 g/mol. The lowest BCUT2D eigenvalue weighted by Gasteiger charge is -2.11. The first-order valence-electron chi connectivity index (χ1n) is 10.3. The second-order valence-electron chi connectivity index (χ2n) is 7.50. The summed E-state index contributed by atoms with van der Waals surface area (Å²) in [5.74, 6) is 1.42. The minimum atomic E-state index is -0.0464. The van der Waals surface area contributed by atoms with Crippen molar-refractivity contribution in [1.82, 2.24) is 4.98 Å². The van der Waals surface area contributed by atoms with E-state index >= 15 is 0 Å². The molecular weight excluding hydrogens is 388 g/mol. The van der Waals surface area contributed by atoms with Crippen molar-refractivity contribution in [3.8, 4) is 22.8 Å². The lowest BCUT2D eigenvalue weighted by molar-refractivity contribution is -0.116. The molecule has 0 aliphatic rings. The molecular formula is C26H26N2O3. The van der Waals surface area contributed by atoms with E-state index in [-0.39, 0.29) is 5.91 Å². The Balaban J connectivity index is 1.59. The maximum absolute atomic E-state index is 12.8. The minimum Gasteiger partial charge on any atom is -0.497 e. The monoisotopic (exact) mass is 414 g/mol. The summed E-state index contributed by atoms with van der Waals surface area (Å²) in [6.07, 6.45) is 0.980. The van der Waals surface area contributed by atoms with Gasteiger partial charge in [0.2, 0.25) is 5.91 Å². The average Bonchev–Trinajstić information content (AvgIpc) is 3.16. The number of aryl methyl sites for hydroxylation is 2. The van der Waals surface area contributed by atoms with Crippen molar-refractivity contribution in [2.45, 2.75) is 19.8 Å². The molecule has 0 atom stereocenters. The van der Waals surface area contributed by atoms with Crippen LogP contribution in [0.15, 0.2) is 66.7 Å². The number of fused-ring (bicyclic) bond motifs is 1. The quantitative estimate of drug-likeness (QED) is 0.406. The summed E-state index contributed by atoms with van der Waals surface area (Å²) in [7, 11) is 3.26. The molecule has 0 radical (unpaired) electrons. The molecule has 1 heterocycles. The maximum atomic E-state index is 12.8. The van der Waals surface area contributed by atoms with Gasteiger partial charge in [-0.2, -0.15) is 0 Å². The number of carbonyl (C=O) groups is 1. The normalized spacial score (nSPS) is 10.8. The highest BCUT2D eigenvalue weighted by Crippen LogP contribution is 2.32. The highest BCUT2D eigenvalue weighted by molar-refractivity contribution is 5.94. The second-order valence-corrected chi connectivity index (χ2v) is 7.50. The van der Waals surface area contributed by atoms with Gasteiger partial charge in [-0.1, -0.05) is 24.3 Å². The van der Waals surface area contributed by atoms with E-state index in [1.54, 1.807) is 14.2 Å². The van der Waals surface area contributed by atoms with E-state index in [1.165, 1.54) is 0 Å². The van der Waals surface area contributed by atoms with Gasteiger partial charge in [-0.15, -0.1) is 0 Å². The first-order valence-corrected chi connectivity index (χ1v) is 10.3. The van der Waals surface area contributed by atoms with Crippen LogP contribution in [-0.4, -0.2) is 25.1 Å². The third-order valence-electron chi connectivity index (χ3n) is 5.42. The molecule has 5 nitrogen and oxygen atoms in total. The van der Waals surface area contributed by atoms with Gasteiger partial charge >= 0.3 is 0 Å². The fourth-order valence-corrected chi connectivity index (χ4v) is 3.83. The van der Waals surface area contributed by atoms with Crippen LogP contribution in [-0.2, 0) is 11.2 Å². The van der Waals surface area contributed by atoms with Gasteiger partial charge in [0.25, 0.3) is 0 Å². The summed E-state index contributed by atoms with van der Waals surface area (Å²) in [6.45, 7) is 1.99.